The minimum absolute atomic E-state index is 0.0759. The normalized spacial score (nSPS) is 12.6. The summed E-state index contributed by atoms with van der Waals surface area (Å²) in [6, 6.07) is 1.50. The van der Waals surface area contributed by atoms with Crippen molar-refractivity contribution in [1.29, 1.82) is 0 Å². The van der Waals surface area contributed by atoms with E-state index >= 15 is 0 Å². The number of aryl methyl sites for hydroxylation is 1. The van der Waals surface area contributed by atoms with Crippen LogP contribution in [0.5, 0.6) is 5.88 Å². The van der Waals surface area contributed by atoms with Crippen LogP contribution in [0.2, 0.25) is 0 Å². The summed E-state index contributed by atoms with van der Waals surface area (Å²) in [4.78, 5) is 4.05. The van der Waals surface area contributed by atoms with E-state index in [1.807, 2.05) is 13.0 Å². The van der Waals surface area contributed by atoms with Crippen LogP contribution < -0.4 is 10.5 Å². The van der Waals surface area contributed by atoms with E-state index in [2.05, 4.69) is 4.98 Å². The van der Waals surface area contributed by atoms with Gasteiger partial charge < -0.3 is 15.6 Å². The van der Waals surface area contributed by atoms with E-state index in [9.17, 15) is 0 Å². The summed E-state index contributed by atoms with van der Waals surface area (Å²) >= 11 is 0. The molecule has 0 aliphatic rings. The summed E-state index contributed by atoms with van der Waals surface area (Å²) in [7, 11) is 1.57. The number of ether oxygens (including phenoxy) is 1. The van der Waals surface area contributed by atoms with Crippen molar-refractivity contribution in [2.45, 2.75) is 13.0 Å². The van der Waals surface area contributed by atoms with Crippen molar-refractivity contribution in [2.24, 2.45) is 5.73 Å². The van der Waals surface area contributed by atoms with Gasteiger partial charge in [0.2, 0.25) is 5.88 Å². The maximum Gasteiger partial charge on any atom is 0.215 e. The third-order valence-electron chi connectivity index (χ3n) is 1.87. The highest BCUT2D eigenvalue weighted by Gasteiger charge is 2.07. The van der Waals surface area contributed by atoms with E-state index in [1.54, 1.807) is 13.3 Å². The van der Waals surface area contributed by atoms with Crippen molar-refractivity contribution >= 4 is 0 Å². The van der Waals surface area contributed by atoms with Crippen molar-refractivity contribution < 1.29 is 9.84 Å². The molecule has 3 N–H and O–H groups in total. The molecule has 1 aromatic heterocycles. The van der Waals surface area contributed by atoms with Gasteiger partial charge in [0.15, 0.2) is 0 Å². The molecule has 0 aromatic carbocycles. The van der Waals surface area contributed by atoms with Gasteiger partial charge in [-0.05, 0) is 18.6 Å². The maximum atomic E-state index is 8.82. The number of aliphatic hydroxyl groups excluding tert-OH is 1. The van der Waals surface area contributed by atoms with Gasteiger partial charge in [0.25, 0.3) is 0 Å². The maximum absolute atomic E-state index is 8.82. The van der Waals surface area contributed by atoms with E-state index in [0.717, 1.165) is 11.1 Å². The minimum atomic E-state index is -0.364. The fourth-order valence-electron chi connectivity index (χ4n) is 1.11. The fourth-order valence-corrected chi connectivity index (χ4v) is 1.11. The standard InChI is InChI=1S/C9H14N2O2/c1-6-3-7(8(10)5-12)4-11-9(6)13-2/h3-4,8,12H,5,10H2,1-2H3/t8-/m0/s1. The quantitative estimate of drug-likeness (QED) is 0.709. The predicted octanol–water partition coefficient (Wildman–Crippen LogP) is 0.391. The SMILES string of the molecule is COc1ncc([C@@H](N)CO)cc1C. The first-order valence-electron chi connectivity index (χ1n) is 4.06. The molecule has 0 saturated carbocycles. The lowest BCUT2D eigenvalue weighted by molar-refractivity contribution is 0.267. The Morgan fingerprint density at radius 1 is 1.69 bits per heavy atom. The average molecular weight is 182 g/mol. The summed E-state index contributed by atoms with van der Waals surface area (Å²) in [6.45, 7) is 1.81. The Bertz CT molecular complexity index is 289. The zero-order chi connectivity index (χ0) is 9.84. The number of aromatic nitrogens is 1. The van der Waals surface area contributed by atoms with Crippen LogP contribution in [0.3, 0.4) is 0 Å². The van der Waals surface area contributed by atoms with E-state index in [4.69, 9.17) is 15.6 Å². The van der Waals surface area contributed by atoms with Gasteiger partial charge in [0.1, 0.15) is 0 Å². The lowest BCUT2D eigenvalue weighted by atomic mass is 10.1. The van der Waals surface area contributed by atoms with Gasteiger partial charge in [-0.25, -0.2) is 4.98 Å². The highest BCUT2D eigenvalue weighted by Crippen LogP contribution is 2.17. The van der Waals surface area contributed by atoms with Gasteiger partial charge in [-0.2, -0.15) is 0 Å². The zero-order valence-electron chi connectivity index (χ0n) is 7.82. The second-order valence-corrected chi connectivity index (χ2v) is 2.88. The molecule has 0 fully saturated rings. The van der Waals surface area contributed by atoms with Crippen LogP contribution in [0, 0.1) is 6.92 Å². The molecule has 0 bridgehead atoms. The third kappa shape index (κ3) is 2.17. The second kappa shape index (κ2) is 4.20. The van der Waals surface area contributed by atoms with Crippen molar-refractivity contribution in [3.8, 4) is 5.88 Å². The Labute approximate surface area is 77.4 Å². The molecular formula is C9H14N2O2. The van der Waals surface area contributed by atoms with Gasteiger partial charge in [0, 0.05) is 11.8 Å². The lowest BCUT2D eigenvalue weighted by Gasteiger charge is -2.10. The number of hydrogen-bond acceptors (Lipinski definition) is 4. The van der Waals surface area contributed by atoms with Crippen LogP contribution in [0.4, 0.5) is 0 Å². The van der Waals surface area contributed by atoms with Crippen LogP contribution in [-0.4, -0.2) is 23.8 Å². The summed E-state index contributed by atoms with van der Waals surface area (Å²) < 4.78 is 5.00. The second-order valence-electron chi connectivity index (χ2n) is 2.88. The Morgan fingerprint density at radius 2 is 2.38 bits per heavy atom. The number of methoxy groups -OCH3 is 1. The third-order valence-corrected chi connectivity index (χ3v) is 1.87. The zero-order valence-corrected chi connectivity index (χ0v) is 7.82. The van der Waals surface area contributed by atoms with Crippen LogP contribution >= 0.6 is 0 Å². The molecule has 0 unspecified atom stereocenters. The van der Waals surface area contributed by atoms with Crippen LogP contribution in [0.25, 0.3) is 0 Å². The molecular weight excluding hydrogens is 168 g/mol. The summed E-state index contributed by atoms with van der Waals surface area (Å²) in [5.41, 5.74) is 7.36. The molecule has 1 aromatic rings. The van der Waals surface area contributed by atoms with Crippen molar-refractivity contribution in [2.75, 3.05) is 13.7 Å². The Balaban J connectivity index is 2.95. The smallest absolute Gasteiger partial charge is 0.215 e. The van der Waals surface area contributed by atoms with E-state index in [0.29, 0.717) is 5.88 Å². The van der Waals surface area contributed by atoms with E-state index in [1.165, 1.54) is 0 Å². The first-order valence-corrected chi connectivity index (χ1v) is 4.06. The van der Waals surface area contributed by atoms with Crippen molar-refractivity contribution in [3.05, 3.63) is 23.4 Å². The lowest BCUT2D eigenvalue weighted by Crippen LogP contribution is -2.15. The van der Waals surface area contributed by atoms with Crippen molar-refractivity contribution in [1.82, 2.24) is 4.98 Å². The predicted molar refractivity (Wildman–Crippen MR) is 49.5 cm³/mol. The van der Waals surface area contributed by atoms with Gasteiger partial charge in [0.05, 0.1) is 19.8 Å². The number of aliphatic hydroxyl groups is 1. The first kappa shape index (κ1) is 9.95. The highest BCUT2D eigenvalue weighted by molar-refractivity contribution is 5.29. The average Bonchev–Trinajstić information content (AvgIpc) is 2.16. The van der Waals surface area contributed by atoms with Crippen molar-refractivity contribution in [3.63, 3.8) is 0 Å². The van der Waals surface area contributed by atoms with Crippen LogP contribution in [0.1, 0.15) is 17.2 Å². The van der Waals surface area contributed by atoms with Crippen LogP contribution in [-0.2, 0) is 0 Å². The number of rotatable bonds is 3. The van der Waals surface area contributed by atoms with Gasteiger partial charge >= 0.3 is 0 Å². The molecule has 1 rings (SSSR count). The molecule has 0 aliphatic carbocycles. The summed E-state index contributed by atoms with van der Waals surface area (Å²) in [5, 5.41) is 8.82. The summed E-state index contributed by atoms with van der Waals surface area (Å²) in [6.07, 6.45) is 1.62. The molecule has 0 amide bonds. The number of pyridine rings is 1. The topological polar surface area (TPSA) is 68.4 Å². The molecule has 72 valence electrons. The van der Waals surface area contributed by atoms with Gasteiger partial charge in [-0.15, -0.1) is 0 Å². The molecule has 0 aliphatic heterocycles. The Hall–Kier alpha value is -1.13. The van der Waals surface area contributed by atoms with E-state index in [-0.39, 0.29) is 12.6 Å². The minimum Gasteiger partial charge on any atom is -0.481 e. The fraction of sp³-hybridized carbons (Fsp3) is 0.444. The number of hydrogen-bond donors (Lipinski definition) is 2. The molecule has 0 radical (unpaired) electrons. The first-order chi connectivity index (χ1) is 6.19. The molecule has 1 atom stereocenters. The molecule has 4 nitrogen and oxygen atoms in total. The number of nitrogens with zero attached hydrogens (tertiary/aromatic N) is 1. The molecule has 4 heteroatoms. The Kier molecular flexibility index (Phi) is 3.22. The van der Waals surface area contributed by atoms with Gasteiger partial charge in [-0.1, -0.05) is 0 Å². The largest absolute Gasteiger partial charge is 0.481 e. The number of nitrogens with two attached hydrogens (primary N) is 1. The van der Waals surface area contributed by atoms with Crippen LogP contribution in [0.15, 0.2) is 12.3 Å². The molecule has 13 heavy (non-hydrogen) atoms. The Morgan fingerprint density at radius 3 is 2.85 bits per heavy atom. The molecule has 1 heterocycles. The molecule has 0 saturated heterocycles. The summed E-state index contributed by atoms with van der Waals surface area (Å²) in [5.74, 6) is 0.592. The molecule has 0 spiro atoms. The highest BCUT2D eigenvalue weighted by atomic mass is 16.5. The monoisotopic (exact) mass is 182 g/mol. The van der Waals surface area contributed by atoms with Gasteiger partial charge in [-0.3, -0.25) is 0 Å². The van der Waals surface area contributed by atoms with E-state index < -0.39 is 0 Å².